The summed E-state index contributed by atoms with van der Waals surface area (Å²) < 4.78 is 0. The molecule has 110 valence electrons. The van der Waals surface area contributed by atoms with Gasteiger partial charge < -0.3 is 4.90 Å². The van der Waals surface area contributed by atoms with Crippen LogP contribution >= 0.6 is 11.8 Å². The SMILES string of the molecule is CCSC(C)C(=O)N1Cc2cnc(C(C)(C)C)nc2C1. The molecular formula is C15H23N3OS. The molecule has 0 aliphatic carbocycles. The molecule has 0 saturated carbocycles. The Labute approximate surface area is 125 Å². The van der Waals surface area contributed by atoms with Crippen LogP contribution in [0, 0.1) is 0 Å². The van der Waals surface area contributed by atoms with Crippen molar-refractivity contribution < 1.29 is 4.79 Å². The molecule has 1 amide bonds. The largest absolute Gasteiger partial charge is 0.331 e. The lowest BCUT2D eigenvalue weighted by molar-refractivity contribution is -0.130. The van der Waals surface area contributed by atoms with Crippen LogP contribution in [0.1, 0.15) is 51.7 Å². The van der Waals surface area contributed by atoms with Crippen molar-refractivity contribution in [2.45, 2.75) is 58.4 Å². The number of hydrogen-bond donors (Lipinski definition) is 0. The highest BCUT2D eigenvalue weighted by Gasteiger charge is 2.29. The van der Waals surface area contributed by atoms with E-state index in [0.29, 0.717) is 13.1 Å². The topological polar surface area (TPSA) is 46.1 Å². The van der Waals surface area contributed by atoms with Crippen LogP contribution in [0.15, 0.2) is 6.20 Å². The van der Waals surface area contributed by atoms with Crippen LogP contribution in [0.5, 0.6) is 0 Å². The van der Waals surface area contributed by atoms with E-state index in [4.69, 9.17) is 0 Å². The Balaban J connectivity index is 2.13. The van der Waals surface area contributed by atoms with Crippen LogP contribution < -0.4 is 0 Å². The lowest BCUT2D eigenvalue weighted by Gasteiger charge is -2.19. The monoisotopic (exact) mass is 293 g/mol. The van der Waals surface area contributed by atoms with Crippen molar-refractivity contribution >= 4 is 17.7 Å². The molecule has 0 aromatic carbocycles. The number of amides is 1. The van der Waals surface area contributed by atoms with Crippen molar-refractivity contribution in [2.24, 2.45) is 0 Å². The zero-order valence-corrected chi connectivity index (χ0v) is 13.8. The van der Waals surface area contributed by atoms with E-state index in [1.54, 1.807) is 11.8 Å². The fourth-order valence-electron chi connectivity index (χ4n) is 2.25. The van der Waals surface area contributed by atoms with Gasteiger partial charge in [0.15, 0.2) is 0 Å². The van der Waals surface area contributed by atoms with Crippen molar-refractivity contribution in [3.05, 3.63) is 23.3 Å². The van der Waals surface area contributed by atoms with Crippen molar-refractivity contribution in [1.29, 1.82) is 0 Å². The summed E-state index contributed by atoms with van der Waals surface area (Å²) >= 11 is 1.69. The first-order valence-corrected chi connectivity index (χ1v) is 8.13. The van der Waals surface area contributed by atoms with E-state index in [0.717, 1.165) is 22.8 Å². The number of carbonyl (C=O) groups excluding carboxylic acids is 1. The van der Waals surface area contributed by atoms with E-state index in [1.165, 1.54) is 0 Å². The lowest BCUT2D eigenvalue weighted by atomic mass is 9.95. The first-order chi connectivity index (χ1) is 9.32. The summed E-state index contributed by atoms with van der Waals surface area (Å²) in [5, 5.41) is 0.0179. The maximum Gasteiger partial charge on any atom is 0.236 e. The van der Waals surface area contributed by atoms with Gasteiger partial charge in [0.1, 0.15) is 5.82 Å². The van der Waals surface area contributed by atoms with Gasteiger partial charge in [-0.3, -0.25) is 4.79 Å². The Morgan fingerprint density at radius 2 is 2.15 bits per heavy atom. The van der Waals surface area contributed by atoms with Gasteiger partial charge in [0.25, 0.3) is 0 Å². The minimum atomic E-state index is -0.0577. The number of carbonyl (C=O) groups is 1. The summed E-state index contributed by atoms with van der Waals surface area (Å²) in [5.41, 5.74) is 2.03. The normalized spacial score (nSPS) is 16.1. The molecule has 4 nitrogen and oxygen atoms in total. The average Bonchev–Trinajstić information content (AvgIpc) is 2.79. The van der Waals surface area contributed by atoms with Crippen LogP contribution in [0.2, 0.25) is 0 Å². The van der Waals surface area contributed by atoms with Crippen molar-refractivity contribution in [3.8, 4) is 0 Å². The predicted octanol–water partition coefficient (Wildman–Crippen LogP) is 2.76. The average molecular weight is 293 g/mol. The third-order valence-electron chi connectivity index (χ3n) is 3.40. The van der Waals surface area contributed by atoms with E-state index < -0.39 is 0 Å². The molecule has 1 atom stereocenters. The van der Waals surface area contributed by atoms with E-state index >= 15 is 0 Å². The van der Waals surface area contributed by atoms with Crippen molar-refractivity contribution in [2.75, 3.05) is 5.75 Å². The molecule has 5 heteroatoms. The minimum Gasteiger partial charge on any atom is -0.331 e. The zero-order chi connectivity index (χ0) is 14.9. The van der Waals surface area contributed by atoms with E-state index in [2.05, 4.69) is 37.7 Å². The molecule has 20 heavy (non-hydrogen) atoms. The van der Waals surface area contributed by atoms with Crippen LogP contribution in [-0.4, -0.2) is 31.8 Å². The van der Waals surface area contributed by atoms with Gasteiger partial charge in [0.05, 0.1) is 17.5 Å². The maximum absolute atomic E-state index is 12.3. The molecule has 1 aliphatic rings. The molecule has 0 spiro atoms. The number of rotatable bonds is 3. The van der Waals surface area contributed by atoms with Gasteiger partial charge >= 0.3 is 0 Å². The van der Waals surface area contributed by atoms with Crippen molar-refractivity contribution in [1.82, 2.24) is 14.9 Å². The first kappa shape index (κ1) is 15.3. The number of thioether (sulfide) groups is 1. The predicted molar refractivity (Wildman–Crippen MR) is 82.6 cm³/mol. The molecule has 2 heterocycles. The second-order valence-corrected chi connectivity index (χ2v) is 7.83. The second-order valence-electron chi connectivity index (χ2n) is 6.21. The second kappa shape index (κ2) is 5.72. The third-order valence-corrected chi connectivity index (χ3v) is 4.44. The number of aromatic nitrogens is 2. The van der Waals surface area contributed by atoms with Gasteiger partial charge in [-0.15, -0.1) is 11.8 Å². The highest BCUT2D eigenvalue weighted by atomic mass is 32.2. The molecule has 0 saturated heterocycles. The first-order valence-electron chi connectivity index (χ1n) is 7.08. The molecule has 1 aromatic heterocycles. The summed E-state index contributed by atoms with van der Waals surface area (Å²) in [7, 11) is 0. The standard InChI is InChI=1S/C15H23N3OS/c1-6-20-10(2)13(19)18-8-11-7-16-14(15(3,4)5)17-12(11)9-18/h7,10H,6,8-9H2,1-5H3. The summed E-state index contributed by atoms with van der Waals surface area (Å²) in [6.45, 7) is 11.6. The summed E-state index contributed by atoms with van der Waals surface area (Å²) in [6, 6.07) is 0. The molecule has 0 radical (unpaired) electrons. The molecule has 1 unspecified atom stereocenters. The molecule has 1 aromatic rings. The summed E-state index contributed by atoms with van der Waals surface area (Å²) in [5.74, 6) is 2.01. The quantitative estimate of drug-likeness (QED) is 0.859. The number of fused-ring (bicyclic) bond motifs is 1. The molecular weight excluding hydrogens is 270 g/mol. The highest BCUT2D eigenvalue weighted by Crippen LogP contribution is 2.26. The van der Waals surface area contributed by atoms with Gasteiger partial charge in [0, 0.05) is 23.7 Å². The number of nitrogens with zero attached hydrogens (tertiary/aromatic N) is 3. The Kier molecular flexibility index (Phi) is 4.37. The van der Waals surface area contributed by atoms with Crippen molar-refractivity contribution in [3.63, 3.8) is 0 Å². The molecule has 0 fully saturated rings. The summed E-state index contributed by atoms with van der Waals surface area (Å²) in [4.78, 5) is 23.3. The zero-order valence-electron chi connectivity index (χ0n) is 12.9. The van der Waals surface area contributed by atoms with Gasteiger partial charge in [-0.1, -0.05) is 27.7 Å². The molecule has 0 bridgehead atoms. The van der Waals surface area contributed by atoms with Crippen LogP contribution in [0.3, 0.4) is 0 Å². The Hall–Kier alpha value is -1.10. The van der Waals surface area contributed by atoms with Crippen LogP contribution in [0.4, 0.5) is 0 Å². The smallest absolute Gasteiger partial charge is 0.236 e. The van der Waals surface area contributed by atoms with E-state index in [-0.39, 0.29) is 16.6 Å². The maximum atomic E-state index is 12.3. The summed E-state index contributed by atoms with van der Waals surface area (Å²) in [6.07, 6.45) is 1.88. The van der Waals surface area contributed by atoms with E-state index in [9.17, 15) is 4.79 Å². The van der Waals surface area contributed by atoms with Gasteiger partial charge in [0.2, 0.25) is 5.91 Å². The van der Waals surface area contributed by atoms with Gasteiger partial charge in [-0.05, 0) is 12.7 Å². The lowest BCUT2D eigenvalue weighted by Crippen LogP contribution is -2.32. The third kappa shape index (κ3) is 3.14. The molecule has 0 N–H and O–H groups in total. The Morgan fingerprint density at radius 3 is 2.75 bits per heavy atom. The van der Waals surface area contributed by atoms with Crippen LogP contribution in [-0.2, 0) is 23.3 Å². The van der Waals surface area contributed by atoms with Crippen LogP contribution in [0.25, 0.3) is 0 Å². The van der Waals surface area contributed by atoms with E-state index in [1.807, 2.05) is 18.0 Å². The Morgan fingerprint density at radius 1 is 1.45 bits per heavy atom. The Bertz CT molecular complexity index is 510. The van der Waals surface area contributed by atoms with Gasteiger partial charge in [-0.25, -0.2) is 9.97 Å². The fraction of sp³-hybridized carbons (Fsp3) is 0.667. The minimum absolute atomic E-state index is 0.0179. The molecule has 2 rings (SSSR count). The van der Waals surface area contributed by atoms with Gasteiger partial charge in [-0.2, -0.15) is 0 Å². The fourth-order valence-corrected chi connectivity index (χ4v) is 3.04. The highest BCUT2D eigenvalue weighted by molar-refractivity contribution is 8.00. The number of hydrogen-bond acceptors (Lipinski definition) is 4. The molecule has 1 aliphatic heterocycles.